The summed E-state index contributed by atoms with van der Waals surface area (Å²) in [6, 6.07) is 0. The van der Waals surface area contributed by atoms with Crippen molar-refractivity contribution in [2.75, 3.05) is 0 Å². The van der Waals surface area contributed by atoms with Crippen LogP contribution in [-0.4, -0.2) is 6.15 Å². The van der Waals surface area contributed by atoms with Gasteiger partial charge in [-0.05, 0) is 64.2 Å². The van der Waals surface area contributed by atoms with Crippen LogP contribution in [-0.2, 0) is 26.2 Å². The van der Waals surface area contributed by atoms with E-state index in [-0.39, 0.29) is 33.6 Å². The van der Waals surface area contributed by atoms with Crippen molar-refractivity contribution in [2.45, 2.75) is 0 Å². The van der Waals surface area contributed by atoms with Crippen molar-refractivity contribution in [3.05, 3.63) is 188 Å². The molecule has 0 nitrogen and oxygen atoms in total. The largest absolute Gasteiger partial charge is 4.00 e. The molecule has 0 N–H and O–H groups in total. The zero-order valence-corrected chi connectivity index (χ0v) is 29.9. The van der Waals surface area contributed by atoms with E-state index in [2.05, 4.69) is 0 Å². The first-order valence-electron chi connectivity index (χ1n) is 14.3. The molecule has 57 heavy (non-hydrogen) atoms. The van der Waals surface area contributed by atoms with Crippen LogP contribution in [0.1, 0.15) is 0 Å². The van der Waals surface area contributed by atoms with Gasteiger partial charge in [0.2, 0.25) is 0 Å². The molecule has 0 unspecified atom stereocenters. The summed E-state index contributed by atoms with van der Waals surface area (Å²) in [5.74, 6) is -71.4. The van der Waals surface area contributed by atoms with Crippen LogP contribution in [0, 0.1) is 188 Å². The van der Waals surface area contributed by atoms with Crippen LogP contribution in [0.15, 0.2) is 0 Å². The third-order valence-corrected chi connectivity index (χ3v) is 7.82. The fourth-order valence-electron chi connectivity index (χ4n) is 5.52. The topological polar surface area (TPSA) is 0 Å². The van der Waals surface area contributed by atoms with Crippen molar-refractivity contribution in [1.82, 2.24) is 0 Å². The number of benzene rings is 4. The number of hydrogen-bond donors (Lipinski definition) is 0. The standard InChI is InChI=1S/C24BF20.2C5H5.CH3.Zr/c26-5-1(6(27)14(35)21(42)13(5)34)25(2-7(28)15(36)22(43)16(37)8(2)29,3-9(30)17(38)23(44)18(39)10(3)31)4-11(32)19(40)24(45)20(41)12(4)33;2*1-2-4-5-3-1;;/h;2*1-5H;1H3;/q-1;;;-1;+4. The van der Waals surface area contributed by atoms with E-state index < -0.39 is 144 Å². The Kier molecular flexibility index (Phi) is 16.9. The summed E-state index contributed by atoms with van der Waals surface area (Å²) < 4.78 is 294. The first-order valence-corrected chi connectivity index (χ1v) is 14.3. The second-order valence-electron chi connectivity index (χ2n) is 10.7. The van der Waals surface area contributed by atoms with E-state index in [4.69, 9.17) is 0 Å². The quantitative estimate of drug-likeness (QED) is 0.0636. The molecule has 2 saturated carbocycles. The molecule has 0 aliphatic heterocycles. The molecule has 2 fully saturated rings. The Morgan fingerprint density at radius 3 is 0.386 bits per heavy atom. The second kappa shape index (κ2) is 19.5. The average molecular weight is 915 g/mol. The van der Waals surface area contributed by atoms with E-state index in [1.807, 2.05) is 64.2 Å². The van der Waals surface area contributed by atoms with Crippen LogP contribution in [0.4, 0.5) is 87.8 Å². The van der Waals surface area contributed by atoms with Crippen molar-refractivity contribution >= 4 is 28.0 Å². The van der Waals surface area contributed by atoms with E-state index in [1.54, 1.807) is 0 Å². The number of rotatable bonds is 4. The Morgan fingerprint density at radius 1 is 0.193 bits per heavy atom. The van der Waals surface area contributed by atoms with Gasteiger partial charge in [-0.15, -0.1) is 21.9 Å². The van der Waals surface area contributed by atoms with Gasteiger partial charge in [0, 0.05) is 0 Å². The Morgan fingerprint density at radius 2 is 0.281 bits per heavy atom. The van der Waals surface area contributed by atoms with Gasteiger partial charge >= 0.3 is 26.2 Å². The number of hydrogen-bond acceptors (Lipinski definition) is 0. The molecule has 0 heterocycles. The molecule has 4 aromatic rings. The molecule has 4 aromatic carbocycles. The van der Waals surface area contributed by atoms with Crippen molar-refractivity contribution < 1.29 is 114 Å². The van der Waals surface area contributed by atoms with Crippen molar-refractivity contribution in [2.24, 2.45) is 0 Å². The minimum Gasteiger partial charge on any atom is -0.358 e. The van der Waals surface area contributed by atoms with Gasteiger partial charge in [0.1, 0.15) is 52.7 Å². The maximum Gasteiger partial charge on any atom is 4.00 e. The molecule has 6 rings (SSSR count). The van der Waals surface area contributed by atoms with Crippen molar-refractivity contribution in [1.29, 1.82) is 0 Å². The maximum atomic E-state index is 15.4. The van der Waals surface area contributed by atoms with Gasteiger partial charge in [-0.1, -0.05) is 0 Å². The molecule has 10 radical (unpaired) electrons. The smallest absolute Gasteiger partial charge is 0.358 e. The molecule has 0 saturated heterocycles. The molecule has 0 spiro atoms. The molecule has 0 atom stereocenters. The van der Waals surface area contributed by atoms with E-state index in [0.29, 0.717) is 0 Å². The summed E-state index contributed by atoms with van der Waals surface area (Å²) in [6.45, 7) is 0. The minimum atomic E-state index is -7.22. The third-order valence-electron chi connectivity index (χ3n) is 7.82. The molecule has 2 aliphatic rings. The first kappa shape index (κ1) is 49.6. The summed E-state index contributed by atoms with van der Waals surface area (Å²) in [4.78, 5) is 0. The van der Waals surface area contributed by atoms with Gasteiger partial charge in [0.05, 0.1) is 0 Å². The van der Waals surface area contributed by atoms with E-state index in [1.165, 1.54) is 0 Å². The van der Waals surface area contributed by atoms with Gasteiger partial charge in [0.25, 0.3) is 0 Å². The molecule has 0 bridgehead atoms. The molecule has 0 amide bonds. The van der Waals surface area contributed by atoms with Gasteiger partial charge in [-0.3, -0.25) is 0 Å². The predicted molar refractivity (Wildman–Crippen MR) is 159 cm³/mol. The average Bonchev–Trinajstić information content (AvgIpc) is 3.96. The zero-order chi connectivity index (χ0) is 41.4. The van der Waals surface area contributed by atoms with E-state index >= 15 is 35.1 Å². The van der Waals surface area contributed by atoms with Crippen LogP contribution in [0.5, 0.6) is 0 Å². The molecule has 2 aliphatic carbocycles. The summed E-state index contributed by atoms with van der Waals surface area (Å²) in [6.07, 6.45) is 12.8. The van der Waals surface area contributed by atoms with Crippen molar-refractivity contribution in [3.63, 3.8) is 0 Å². The predicted octanol–water partition coefficient (Wildman–Crippen LogP) is 8.34. The fraction of sp³-hybridized carbons (Fsp3) is 0. The Labute approximate surface area is 329 Å². The summed E-state index contributed by atoms with van der Waals surface area (Å²) >= 11 is 0. The maximum absolute atomic E-state index is 15.4. The van der Waals surface area contributed by atoms with Crippen LogP contribution < -0.4 is 21.9 Å². The molecule has 0 aromatic heterocycles. The number of halogens is 20. The first-order chi connectivity index (χ1) is 25.7. The van der Waals surface area contributed by atoms with Crippen molar-refractivity contribution in [3.8, 4) is 0 Å². The molecular weight excluding hydrogens is 902 g/mol. The van der Waals surface area contributed by atoms with E-state index in [0.717, 1.165) is 0 Å². The van der Waals surface area contributed by atoms with Gasteiger partial charge in [-0.2, -0.15) is 0 Å². The Bertz CT molecular complexity index is 1720. The third kappa shape index (κ3) is 8.34. The van der Waals surface area contributed by atoms with Gasteiger partial charge in [0.15, 0.2) is 69.8 Å². The summed E-state index contributed by atoms with van der Waals surface area (Å²) in [5.41, 5.74) is -14.3. The normalized spacial score (nSPS) is 13.7. The Hall–Kier alpha value is -3.57. The van der Waals surface area contributed by atoms with Crippen LogP contribution >= 0.6 is 0 Å². The van der Waals surface area contributed by atoms with Crippen LogP contribution in [0.25, 0.3) is 0 Å². The molecular formula is C35H13BF20Zr+2. The Balaban J connectivity index is 0.000000811. The van der Waals surface area contributed by atoms with Crippen LogP contribution in [0.2, 0.25) is 0 Å². The fourth-order valence-corrected chi connectivity index (χ4v) is 5.52. The zero-order valence-electron chi connectivity index (χ0n) is 27.4. The molecule has 298 valence electrons. The summed E-state index contributed by atoms with van der Waals surface area (Å²) in [7, 11) is 0. The van der Waals surface area contributed by atoms with E-state index in [9.17, 15) is 52.7 Å². The van der Waals surface area contributed by atoms with Gasteiger partial charge in [-0.25, -0.2) is 87.8 Å². The van der Waals surface area contributed by atoms with Gasteiger partial charge < -0.3 is 7.43 Å². The SMILES string of the molecule is Fc1c(F)c(F)c([B-](c2c(F)c(F)c(F)c(F)c2F)(c2c(F)c(F)c(F)c(F)c2F)c2c(F)c(F)c(F)c(F)c2F)c(F)c1F.[CH3-].[CH]1[CH][CH][CH][CH]1.[CH]1[CH][CH][CH][CH]1.[Zr+4]. The van der Waals surface area contributed by atoms with Crippen LogP contribution in [0.3, 0.4) is 0 Å². The second-order valence-corrected chi connectivity index (χ2v) is 10.7. The summed E-state index contributed by atoms with van der Waals surface area (Å²) in [5, 5.41) is 0. The minimum absolute atomic E-state index is 0. The monoisotopic (exact) mass is 914 g/mol. The molecule has 22 heteroatoms.